The molecule has 0 unspecified atom stereocenters. The molecule has 1 heterocycles. The van der Waals surface area contributed by atoms with Crippen molar-refractivity contribution in [2.45, 2.75) is 0 Å². The summed E-state index contributed by atoms with van der Waals surface area (Å²) in [6.07, 6.45) is 4.37. The second-order valence-corrected chi connectivity index (χ2v) is 1.68. The number of rotatable bonds is 2. The predicted molar refractivity (Wildman–Crippen MR) is 39.1 cm³/mol. The highest BCUT2D eigenvalue weighted by molar-refractivity contribution is 5.43. The molecule has 1 aromatic rings. The molecule has 0 bridgehead atoms. The van der Waals surface area contributed by atoms with Gasteiger partial charge in [-0.3, -0.25) is 4.98 Å². The van der Waals surface area contributed by atoms with Gasteiger partial charge in [0.05, 0.1) is 11.9 Å². The van der Waals surface area contributed by atoms with Gasteiger partial charge in [0.15, 0.2) is 0 Å². The lowest BCUT2D eigenvalue weighted by molar-refractivity contribution is 1.29. The summed E-state index contributed by atoms with van der Waals surface area (Å²) in [5.41, 5.74) is 0.738. The lowest BCUT2D eigenvalue weighted by atomic mass is 10.3. The van der Waals surface area contributed by atoms with Gasteiger partial charge in [-0.25, -0.2) is 0 Å². The van der Waals surface area contributed by atoms with Crippen molar-refractivity contribution in [1.82, 2.24) is 4.98 Å². The van der Waals surface area contributed by atoms with Crippen LogP contribution in [0.15, 0.2) is 35.8 Å². The molecule has 0 amide bonds. The van der Waals surface area contributed by atoms with Gasteiger partial charge in [0.2, 0.25) is 0 Å². The van der Waals surface area contributed by atoms with Crippen molar-refractivity contribution in [2.24, 2.45) is 5.18 Å². The van der Waals surface area contributed by atoms with Crippen LogP contribution in [0.3, 0.4) is 0 Å². The maximum atomic E-state index is 9.61. The van der Waals surface area contributed by atoms with E-state index in [-0.39, 0.29) is 0 Å². The molecule has 0 fully saturated rings. The Kier molecular flexibility index (Phi) is 2.31. The SMILES string of the molecule is O=N/C=C\c1ccccn1. The Morgan fingerprint density at radius 2 is 2.40 bits per heavy atom. The Morgan fingerprint density at radius 3 is 3.00 bits per heavy atom. The Balaban J connectivity index is 2.76. The van der Waals surface area contributed by atoms with Crippen molar-refractivity contribution < 1.29 is 0 Å². The zero-order valence-corrected chi connectivity index (χ0v) is 5.27. The Labute approximate surface area is 58.4 Å². The van der Waals surface area contributed by atoms with Crippen molar-refractivity contribution in [2.75, 3.05) is 0 Å². The highest BCUT2D eigenvalue weighted by atomic mass is 16.2. The molecule has 0 N–H and O–H groups in total. The van der Waals surface area contributed by atoms with Crippen LogP contribution in [0.5, 0.6) is 0 Å². The van der Waals surface area contributed by atoms with Crippen LogP contribution in [0.2, 0.25) is 0 Å². The van der Waals surface area contributed by atoms with Crippen LogP contribution in [-0.2, 0) is 0 Å². The maximum Gasteiger partial charge on any atom is 0.0736 e. The van der Waals surface area contributed by atoms with Crippen LogP contribution in [0, 0.1) is 4.91 Å². The average molecular weight is 134 g/mol. The van der Waals surface area contributed by atoms with Gasteiger partial charge in [-0.2, -0.15) is 0 Å². The van der Waals surface area contributed by atoms with Crippen LogP contribution in [0.1, 0.15) is 5.69 Å². The molecular weight excluding hydrogens is 128 g/mol. The summed E-state index contributed by atoms with van der Waals surface area (Å²) in [5.74, 6) is 0. The number of nitroso groups, excluding NO2 is 1. The van der Waals surface area contributed by atoms with Crippen molar-refractivity contribution >= 4 is 6.08 Å². The topological polar surface area (TPSA) is 42.3 Å². The van der Waals surface area contributed by atoms with Crippen molar-refractivity contribution in [3.8, 4) is 0 Å². The minimum Gasteiger partial charge on any atom is -0.257 e. The summed E-state index contributed by atoms with van der Waals surface area (Å²) in [5, 5.41) is 2.56. The molecule has 10 heavy (non-hydrogen) atoms. The van der Waals surface area contributed by atoms with Gasteiger partial charge < -0.3 is 0 Å². The molecule has 0 radical (unpaired) electrons. The molecule has 0 saturated heterocycles. The molecule has 3 nitrogen and oxygen atoms in total. The van der Waals surface area contributed by atoms with E-state index in [0.29, 0.717) is 0 Å². The molecule has 1 aromatic heterocycles. The van der Waals surface area contributed by atoms with Crippen molar-refractivity contribution in [1.29, 1.82) is 0 Å². The van der Waals surface area contributed by atoms with Gasteiger partial charge in [-0.05, 0) is 23.4 Å². The molecule has 50 valence electrons. The van der Waals surface area contributed by atoms with Crippen molar-refractivity contribution in [3.63, 3.8) is 0 Å². The molecule has 0 aromatic carbocycles. The van der Waals surface area contributed by atoms with E-state index < -0.39 is 0 Å². The molecule has 0 aliphatic heterocycles. The van der Waals surface area contributed by atoms with Gasteiger partial charge in [0.1, 0.15) is 0 Å². The van der Waals surface area contributed by atoms with E-state index in [4.69, 9.17) is 0 Å². The third kappa shape index (κ3) is 1.78. The van der Waals surface area contributed by atoms with E-state index >= 15 is 0 Å². The molecule has 1 rings (SSSR count). The first kappa shape index (κ1) is 6.61. The van der Waals surface area contributed by atoms with E-state index in [0.717, 1.165) is 5.69 Å². The average Bonchev–Trinajstić information content (AvgIpc) is 2.03. The first-order valence-corrected chi connectivity index (χ1v) is 2.83. The van der Waals surface area contributed by atoms with Crippen LogP contribution in [0.4, 0.5) is 0 Å². The molecular formula is C7H6N2O. The Bertz CT molecular complexity index is 231. The fourth-order valence-electron chi connectivity index (χ4n) is 0.581. The molecule has 0 spiro atoms. The monoisotopic (exact) mass is 134 g/mol. The highest BCUT2D eigenvalue weighted by Gasteiger charge is 1.81. The summed E-state index contributed by atoms with van der Waals surface area (Å²) in [6, 6.07) is 5.45. The first-order chi connectivity index (χ1) is 4.93. The summed E-state index contributed by atoms with van der Waals surface area (Å²) < 4.78 is 0. The van der Waals surface area contributed by atoms with Crippen LogP contribution in [-0.4, -0.2) is 4.98 Å². The predicted octanol–water partition coefficient (Wildman–Crippen LogP) is 1.82. The summed E-state index contributed by atoms with van der Waals surface area (Å²) in [6.45, 7) is 0. The molecule has 0 aliphatic rings. The maximum absolute atomic E-state index is 9.61. The smallest absolute Gasteiger partial charge is 0.0736 e. The minimum atomic E-state index is 0.738. The fraction of sp³-hybridized carbons (Fsp3) is 0. The van der Waals surface area contributed by atoms with Gasteiger partial charge in [0, 0.05) is 6.20 Å². The Morgan fingerprint density at radius 1 is 1.50 bits per heavy atom. The first-order valence-electron chi connectivity index (χ1n) is 2.83. The number of pyridine rings is 1. The largest absolute Gasteiger partial charge is 0.257 e. The Hall–Kier alpha value is -1.51. The lowest BCUT2D eigenvalue weighted by Crippen LogP contribution is -1.74. The quantitative estimate of drug-likeness (QED) is 0.579. The fourth-order valence-corrected chi connectivity index (χ4v) is 0.581. The minimum absolute atomic E-state index is 0.738. The normalized spacial score (nSPS) is 10.0. The van der Waals surface area contributed by atoms with Crippen LogP contribution < -0.4 is 0 Å². The van der Waals surface area contributed by atoms with Gasteiger partial charge in [-0.15, -0.1) is 4.91 Å². The van der Waals surface area contributed by atoms with Crippen LogP contribution in [0.25, 0.3) is 6.08 Å². The number of aromatic nitrogens is 1. The van der Waals surface area contributed by atoms with E-state index in [1.807, 2.05) is 12.1 Å². The molecule has 0 saturated carbocycles. The number of nitrogens with zero attached hydrogens (tertiary/aromatic N) is 2. The number of hydrogen-bond acceptors (Lipinski definition) is 3. The second-order valence-electron chi connectivity index (χ2n) is 1.68. The standard InChI is InChI=1S/C7H6N2O/c10-9-6-4-7-3-1-2-5-8-7/h1-6H/b6-4-. The zero-order chi connectivity index (χ0) is 7.23. The van der Waals surface area contributed by atoms with Crippen molar-refractivity contribution in [3.05, 3.63) is 41.2 Å². The third-order valence-electron chi connectivity index (χ3n) is 0.994. The van der Waals surface area contributed by atoms with Gasteiger partial charge in [-0.1, -0.05) is 6.07 Å². The summed E-state index contributed by atoms with van der Waals surface area (Å²) >= 11 is 0. The third-order valence-corrected chi connectivity index (χ3v) is 0.994. The number of hydrogen-bond donors (Lipinski definition) is 0. The highest BCUT2D eigenvalue weighted by Crippen LogP contribution is 1.95. The van der Waals surface area contributed by atoms with E-state index in [1.54, 1.807) is 18.3 Å². The van der Waals surface area contributed by atoms with Crippen LogP contribution >= 0.6 is 0 Å². The van der Waals surface area contributed by atoms with E-state index in [9.17, 15) is 4.91 Å². The molecule has 3 heteroatoms. The van der Waals surface area contributed by atoms with E-state index in [2.05, 4.69) is 10.2 Å². The zero-order valence-electron chi connectivity index (χ0n) is 5.27. The van der Waals surface area contributed by atoms with Gasteiger partial charge >= 0.3 is 0 Å². The summed E-state index contributed by atoms with van der Waals surface area (Å²) in [7, 11) is 0. The molecule has 0 atom stereocenters. The lowest BCUT2D eigenvalue weighted by Gasteiger charge is -1.85. The van der Waals surface area contributed by atoms with Gasteiger partial charge in [0.25, 0.3) is 0 Å². The molecule has 0 aliphatic carbocycles. The van der Waals surface area contributed by atoms with E-state index in [1.165, 1.54) is 6.20 Å². The second kappa shape index (κ2) is 3.50. The summed E-state index contributed by atoms with van der Waals surface area (Å²) in [4.78, 5) is 13.5.